The van der Waals surface area contributed by atoms with Gasteiger partial charge in [0.25, 0.3) is 0 Å². The van der Waals surface area contributed by atoms with Crippen molar-refractivity contribution in [2.75, 3.05) is 20.2 Å². The van der Waals surface area contributed by atoms with E-state index in [-0.39, 0.29) is 24.5 Å². The van der Waals surface area contributed by atoms with Crippen LogP contribution in [-0.4, -0.2) is 46.8 Å². The van der Waals surface area contributed by atoms with E-state index < -0.39 is 0 Å². The highest BCUT2D eigenvalue weighted by molar-refractivity contribution is 5.89. The summed E-state index contributed by atoms with van der Waals surface area (Å²) >= 11 is 0. The molecule has 1 aliphatic carbocycles. The molecule has 6 heteroatoms. The lowest BCUT2D eigenvalue weighted by atomic mass is 10.0. The van der Waals surface area contributed by atoms with Crippen LogP contribution < -0.4 is 4.74 Å². The summed E-state index contributed by atoms with van der Waals surface area (Å²) in [5.41, 5.74) is 4.48. The number of hydrogen-bond donors (Lipinski definition) is 0. The topological polar surface area (TPSA) is 62.7 Å². The number of methoxy groups -OCH3 is 1. The van der Waals surface area contributed by atoms with Crippen LogP contribution in [0.25, 0.3) is 0 Å². The Hall–Kier alpha value is -3.67. The minimum absolute atomic E-state index is 0.00887. The fraction of sp³-hybridized carbons (Fsp3) is 0.345. The molecule has 1 aromatic heterocycles. The average molecular weight is 470 g/mol. The van der Waals surface area contributed by atoms with Crippen molar-refractivity contribution in [2.45, 2.75) is 44.2 Å². The van der Waals surface area contributed by atoms with E-state index in [9.17, 15) is 9.59 Å². The monoisotopic (exact) mass is 469 g/mol. The molecule has 2 aromatic carbocycles. The fourth-order valence-corrected chi connectivity index (χ4v) is 4.80. The predicted octanol–water partition coefficient (Wildman–Crippen LogP) is 4.51. The number of rotatable bonds is 9. The lowest BCUT2D eigenvalue weighted by Gasteiger charge is -2.31. The Morgan fingerprint density at radius 3 is 2.37 bits per heavy atom. The number of carbonyl (C=O) groups excluding carboxylic acids is 2. The van der Waals surface area contributed by atoms with Crippen LogP contribution in [0.3, 0.4) is 0 Å². The molecule has 1 aliphatic heterocycles. The van der Waals surface area contributed by atoms with Crippen LogP contribution in [0.15, 0.2) is 73.1 Å². The van der Waals surface area contributed by atoms with Gasteiger partial charge in [-0.05, 0) is 72.1 Å². The molecular formula is C29H31N3O3. The molecule has 2 amide bonds. The summed E-state index contributed by atoms with van der Waals surface area (Å²) in [7, 11) is 1.65. The molecule has 6 nitrogen and oxygen atoms in total. The van der Waals surface area contributed by atoms with Gasteiger partial charge in [0.05, 0.1) is 7.11 Å². The number of ether oxygens (including phenoxy) is 1. The molecule has 0 N–H and O–H groups in total. The number of amides is 2. The van der Waals surface area contributed by atoms with Crippen LogP contribution in [0.1, 0.15) is 53.6 Å². The maximum atomic E-state index is 13.3. The van der Waals surface area contributed by atoms with E-state index in [0.717, 1.165) is 22.4 Å². The molecule has 35 heavy (non-hydrogen) atoms. The summed E-state index contributed by atoms with van der Waals surface area (Å²) < 4.78 is 5.25. The first-order valence-corrected chi connectivity index (χ1v) is 12.3. The van der Waals surface area contributed by atoms with Crippen molar-refractivity contribution >= 4 is 11.8 Å². The Morgan fingerprint density at radius 2 is 1.71 bits per heavy atom. The molecule has 0 spiro atoms. The molecule has 1 saturated carbocycles. The fourth-order valence-electron chi connectivity index (χ4n) is 4.80. The van der Waals surface area contributed by atoms with Crippen molar-refractivity contribution < 1.29 is 14.3 Å². The van der Waals surface area contributed by atoms with E-state index in [0.29, 0.717) is 31.7 Å². The number of nitrogens with zero attached hydrogens (tertiary/aromatic N) is 3. The molecule has 2 heterocycles. The summed E-state index contributed by atoms with van der Waals surface area (Å²) in [5, 5.41) is 0. The Kier molecular flexibility index (Phi) is 6.80. The molecule has 2 aliphatic rings. The third-order valence-electron chi connectivity index (χ3n) is 6.97. The van der Waals surface area contributed by atoms with E-state index in [1.165, 1.54) is 18.4 Å². The largest absolute Gasteiger partial charge is 0.497 e. The molecule has 1 unspecified atom stereocenters. The number of pyridine rings is 1. The molecule has 0 radical (unpaired) electrons. The van der Waals surface area contributed by atoms with Crippen LogP contribution in [0.4, 0.5) is 0 Å². The lowest BCUT2D eigenvalue weighted by molar-refractivity contribution is -0.133. The molecule has 3 aromatic rings. The van der Waals surface area contributed by atoms with Crippen molar-refractivity contribution in [3.05, 3.63) is 95.3 Å². The zero-order valence-corrected chi connectivity index (χ0v) is 20.1. The van der Waals surface area contributed by atoms with E-state index in [1.54, 1.807) is 24.4 Å². The smallest absolute Gasteiger partial charge is 0.244 e. The second-order valence-corrected chi connectivity index (χ2v) is 9.38. The van der Waals surface area contributed by atoms with Crippen LogP contribution in [0, 0.1) is 0 Å². The predicted molar refractivity (Wildman–Crippen MR) is 134 cm³/mol. The third-order valence-corrected chi connectivity index (χ3v) is 6.97. The molecule has 1 atom stereocenters. The summed E-state index contributed by atoms with van der Waals surface area (Å²) in [6, 6.07) is 20.3. The summed E-state index contributed by atoms with van der Waals surface area (Å²) in [6.07, 6.45) is 7.30. The van der Waals surface area contributed by atoms with Gasteiger partial charge in [0.2, 0.25) is 11.8 Å². The molecule has 5 rings (SSSR count). The first-order chi connectivity index (χ1) is 17.1. The minimum Gasteiger partial charge on any atom is -0.497 e. The van der Waals surface area contributed by atoms with Crippen LogP contribution in [0.2, 0.25) is 0 Å². The lowest BCUT2D eigenvalue weighted by Crippen LogP contribution is -2.36. The third kappa shape index (κ3) is 5.37. The molecular weight excluding hydrogens is 438 g/mol. The Labute approximate surface area is 206 Å². The van der Waals surface area contributed by atoms with Crippen molar-refractivity contribution in [1.29, 1.82) is 0 Å². The Balaban J connectivity index is 1.34. The quantitative estimate of drug-likeness (QED) is 0.463. The van der Waals surface area contributed by atoms with Crippen molar-refractivity contribution in [1.82, 2.24) is 14.8 Å². The van der Waals surface area contributed by atoms with Gasteiger partial charge < -0.3 is 14.5 Å². The van der Waals surface area contributed by atoms with Gasteiger partial charge in [-0.1, -0.05) is 42.5 Å². The van der Waals surface area contributed by atoms with Crippen molar-refractivity contribution in [3.8, 4) is 5.75 Å². The molecule has 2 fully saturated rings. The van der Waals surface area contributed by atoms with E-state index in [4.69, 9.17) is 4.74 Å². The van der Waals surface area contributed by atoms with Crippen LogP contribution >= 0.6 is 0 Å². The zero-order valence-electron chi connectivity index (χ0n) is 20.1. The summed E-state index contributed by atoms with van der Waals surface area (Å²) in [4.78, 5) is 34.2. The van der Waals surface area contributed by atoms with Crippen LogP contribution in [-0.2, 0) is 22.4 Å². The number of aryl methyl sites for hydroxylation is 1. The second kappa shape index (κ2) is 10.3. The van der Waals surface area contributed by atoms with Crippen LogP contribution in [0.5, 0.6) is 5.75 Å². The Morgan fingerprint density at radius 1 is 0.971 bits per heavy atom. The minimum atomic E-state index is -0.379. The standard InChI is InChI=1S/C29H31N3O3/c1-35-26-13-4-21(5-14-26)16-18-31-28(34)20-32(27(33)15-6-22-3-2-17-30-19-22)29(31)25-11-9-24(10-12-25)23-7-8-23/h2-5,9-14,17,19,23,29H,6-8,15-16,18,20H2,1H3. The first kappa shape index (κ1) is 23.1. The highest BCUT2D eigenvalue weighted by atomic mass is 16.5. The van der Waals surface area contributed by atoms with Gasteiger partial charge in [-0.15, -0.1) is 0 Å². The zero-order chi connectivity index (χ0) is 24.2. The van der Waals surface area contributed by atoms with Gasteiger partial charge in [0.1, 0.15) is 18.5 Å². The van der Waals surface area contributed by atoms with Gasteiger partial charge in [-0.2, -0.15) is 0 Å². The van der Waals surface area contributed by atoms with Gasteiger partial charge >= 0.3 is 0 Å². The second-order valence-electron chi connectivity index (χ2n) is 9.38. The van der Waals surface area contributed by atoms with E-state index in [1.807, 2.05) is 41.3 Å². The maximum absolute atomic E-state index is 13.3. The van der Waals surface area contributed by atoms with E-state index >= 15 is 0 Å². The van der Waals surface area contributed by atoms with Crippen molar-refractivity contribution in [3.63, 3.8) is 0 Å². The molecule has 0 bridgehead atoms. The number of hydrogen-bond acceptors (Lipinski definition) is 4. The first-order valence-electron chi connectivity index (χ1n) is 12.3. The molecule has 180 valence electrons. The summed E-state index contributed by atoms with van der Waals surface area (Å²) in [5.74, 6) is 1.46. The SMILES string of the molecule is COc1ccc(CCN2C(=O)CN(C(=O)CCc3cccnc3)C2c2ccc(C3CC3)cc2)cc1. The normalized spacial score (nSPS) is 17.6. The Bertz CT molecular complexity index is 1160. The number of carbonyl (C=O) groups is 2. The maximum Gasteiger partial charge on any atom is 0.244 e. The van der Waals surface area contributed by atoms with Gasteiger partial charge in [0.15, 0.2) is 0 Å². The van der Waals surface area contributed by atoms with Gasteiger partial charge in [0, 0.05) is 25.4 Å². The molecule has 1 saturated heterocycles. The van der Waals surface area contributed by atoms with Gasteiger partial charge in [-0.25, -0.2) is 0 Å². The number of benzene rings is 2. The van der Waals surface area contributed by atoms with Gasteiger partial charge in [-0.3, -0.25) is 14.6 Å². The van der Waals surface area contributed by atoms with E-state index in [2.05, 4.69) is 29.2 Å². The highest BCUT2D eigenvalue weighted by Crippen LogP contribution is 2.41. The van der Waals surface area contributed by atoms with Crippen molar-refractivity contribution in [2.24, 2.45) is 0 Å². The average Bonchev–Trinajstić information content (AvgIpc) is 3.70. The highest BCUT2D eigenvalue weighted by Gasteiger charge is 2.41. The summed E-state index contributed by atoms with van der Waals surface area (Å²) in [6.45, 7) is 0.663. The number of aromatic nitrogens is 1.